The molecule has 118 valence electrons. The van der Waals surface area contributed by atoms with Crippen molar-refractivity contribution in [2.24, 2.45) is 0 Å². The van der Waals surface area contributed by atoms with Crippen molar-refractivity contribution in [3.8, 4) is 0 Å². The summed E-state index contributed by atoms with van der Waals surface area (Å²) in [6, 6.07) is 9.99. The normalized spacial score (nSPS) is 21.0. The highest BCUT2D eigenvalue weighted by molar-refractivity contribution is 5.46. The van der Waals surface area contributed by atoms with Crippen molar-refractivity contribution in [2.75, 3.05) is 26.0 Å². The maximum Gasteiger partial charge on any atom is 0.0345 e. The van der Waals surface area contributed by atoms with Crippen molar-refractivity contribution in [2.45, 2.75) is 57.7 Å². The Hall–Kier alpha value is -1.06. The molecule has 0 aromatic heterocycles. The van der Waals surface area contributed by atoms with Gasteiger partial charge in [0.1, 0.15) is 0 Å². The van der Waals surface area contributed by atoms with Crippen LogP contribution in [0.25, 0.3) is 0 Å². The molecular formula is C18H31N3. The van der Waals surface area contributed by atoms with Crippen LogP contribution in [0.1, 0.15) is 44.6 Å². The smallest absolute Gasteiger partial charge is 0.0345 e. The molecule has 2 atom stereocenters. The monoisotopic (exact) mass is 289 g/mol. The first-order valence-electron chi connectivity index (χ1n) is 8.37. The van der Waals surface area contributed by atoms with Gasteiger partial charge in [0.15, 0.2) is 0 Å². The van der Waals surface area contributed by atoms with Crippen molar-refractivity contribution < 1.29 is 0 Å². The lowest BCUT2D eigenvalue weighted by Gasteiger charge is -2.22. The molecule has 1 aliphatic heterocycles. The van der Waals surface area contributed by atoms with Crippen LogP contribution in [0, 0.1) is 0 Å². The molecule has 3 nitrogen and oxygen atoms in total. The summed E-state index contributed by atoms with van der Waals surface area (Å²) in [5, 5.41) is 7.35. The highest BCUT2D eigenvalue weighted by Crippen LogP contribution is 2.17. The molecule has 3 heteroatoms. The van der Waals surface area contributed by atoms with Crippen molar-refractivity contribution in [3.63, 3.8) is 0 Å². The molecular weight excluding hydrogens is 258 g/mol. The Morgan fingerprint density at radius 2 is 2.14 bits per heavy atom. The molecule has 0 amide bonds. The molecule has 0 spiro atoms. The van der Waals surface area contributed by atoms with E-state index in [4.69, 9.17) is 0 Å². The number of nitrogens with one attached hydrogen (secondary N) is 2. The van der Waals surface area contributed by atoms with Crippen LogP contribution in [0.5, 0.6) is 0 Å². The third-order valence-corrected chi connectivity index (χ3v) is 4.14. The fraction of sp³-hybridized carbons (Fsp3) is 0.667. The molecule has 0 bridgehead atoms. The van der Waals surface area contributed by atoms with Crippen LogP contribution in [-0.4, -0.2) is 37.6 Å². The SMILES string of the molecule is CC(CC1CCCCCN1)Nc1cccc(CN(C)C)c1. The number of rotatable bonds is 6. The van der Waals surface area contributed by atoms with Gasteiger partial charge in [-0.3, -0.25) is 0 Å². The van der Waals surface area contributed by atoms with E-state index in [-0.39, 0.29) is 0 Å². The summed E-state index contributed by atoms with van der Waals surface area (Å²) in [6.45, 7) is 4.48. The Morgan fingerprint density at radius 1 is 1.29 bits per heavy atom. The molecule has 0 saturated carbocycles. The lowest BCUT2D eigenvalue weighted by atomic mass is 10.0. The Balaban J connectivity index is 1.85. The zero-order chi connectivity index (χ0) is 15.1. The minimum absolute atomic E-state index is 0.509. The fourth-order valence-corrected chi connectivity index (χ4v) is 3.20. The van der Waals surface area contributed by atoms with Crippen molar-refractivity contribution >= 4 is 5.69 Å². The number of hydrogen-bond acceptors (Lipinski definition) is 3. The van der Waals surface area contributed by atoms with E-state index in [1.165, 1.54) is 49.9 Å². The average Bonchev–Trinajstić information content (AvgIpc) is 2.66. The number of benzene rings is 1. The summed E-state index contributed by atoms with van der Waals surface area (Å²) < 4.78 is 0. The van der Waals surface area contributed by atoms with Crippen LogP contribution in [-0.2, 0) is 6.54 Å². The molecule has 21 heavy (non-hydrogen) atoms. The summed E-state index contributed by atoms with van der Waals surface area (Å²) in [5.74, 6) is 0. The number of nitrogens with zero attached hydrogens (tertiary/aromatic N) is 1. The summed E-state index contributed by atoms with van der Waals surface area (Å²) in [5.41, 5.74) is 2.61. The van der Waals surface area contributed by atoms with E-state index < -0.39 is 0 Å². The lowest BCUT2D eigenvalue weighted by molar-refractivity contribution is 0.402. The molecule has 0 radical (unpaired) electrons. The molecule has 1 saturated heterocycles. The molecule has 2 N–H and O–H groups in total. The molecule has 2 rings (SSSR count). The van der Waals surface area contributed by atoms with E-state index in [0.717, 1.165) is 6.54 Å². The molecule has 1 aromatic rings. The van der Waals surface area contributed by atoms with Crippen molar-refractivity contribution in [1.82, 2.24) is 10.2 Å². The molecule has 0 aliphatic carbocycles. The zero-order valence-corrected chi connectivity index (χ0v) is 13.9. The topological polar surface area (TPSA) is 27.3 Å². The second-order valence-corrected chi connectivity index (χ2v) is 6.72. The fourth-order valence-electron chi connectivity index (χ4n) is 3.20. The second-order valence-electron chi connectivity index (χ2n) is 6.72. The van der Waals surface area contributed by atoms with E-state index in [1.807, 2.05) is 0 Å². The summed E-state index contributed by atoms with van der Waals surface area (Å²) in [6.07, 6.45) is 6.64. The van der Waals surface area contributed by atoms with E-state index in [0.29, 0.717) is 12.1 Å². The predicted octanol–water partition coefficient (Wildman–Crippen LogP) is 3.47. The van der Waals surface area contributed by atoms with Gasteiger partial charge in [0, 0.05) is 24.3 Å². The predicted molar refractivity (Wildman–Crippen MR) is 91.8 cm³/mol. The highest BCUT2D eigenvalue weighted by Gasteiger charge is 2.14. The van der Waals surface area contributed by atoms with Gasteiger partial charge in [-0.15, -0.1) is 0 Å². The third kappa shape index (κ3) is 6.06. The Morgan fingerprint density at radius 3 is 2.95 bits per heavy atom. The second kappa shape index (κ2) is 8.40. The van der Waals surface area contributed by atoms with E-state index >= 15 is 0 Å². The van der Waals surface area contributed by atoms with Crippen LogP contribution in [0.4, 0.5) is 5.69 Å². The summed E-state index contributed by atoms with van der Waals surface area (Å²) in [7, 11) is 4.22. The lowest BCUT2D eigenvalue weighted by Crippen LogP contribution is -2.33. The van der Waals surface area contributed by atoms with E-state index in [2.05, 4.69) is 60.8 Å². The highest BCUT2D eigenvalue weighted by atomic mass is 15.0. The van der Waals surface area contributed by atoms with Gasteiger partial charge in [-0.1, -0.05) is 25.0 Å². The third-order valence-electron chi connectivity index (χ3n) is 4.14. The summed E-state index contributed by atoms with van der Waals surface area (Å²) >= 11 is 0. The number of anilines is 1. The van der Waals surface area contributed by atoms with Gasteiger partial charge in [-0.25, -0.2) is 0 Å². The zero-order valence-electron chi connectivity index (χ0n) is 13.9. The van der Waals surface area contributed by atoms with Gasteiger partial charge in [-0.05, 0) is 64.5 Å². The Labute approximate surface area is 130 Å². The maximum atomic E-state index is 3.69. The molecule has 1 fully saturated rings. The van der Waals surface area contributed by atoms with Gasteiger partial charge in [-0.2, -0.15) is 0 Å². The Kier molecular flexibility index (Phi) is 6.52. The van der Waals surface area contributed by atoms with Crippen LogP contribution >= 0.6 is 0 Å². The first-order valence-corrected chi connectivity index (χ1v) is 8.37. The minimum atomic E-state index is 0.509. The van der Waals surface area contributed by atoms with Gasteiger partial charge in [0.25, 0.3) is 0 Å². The van der Waals surface area contributed by atoms with Gasteiger partial charge in [0.05, 0.1) is 0 Å². The average molecular weight is 289 g/mol. The first-order chi connectivity index (χ1) is 10.1. The van der Waals surface area contributed by atoms with Crippen molar-refractivity contribution in [1.29, 1.82) is 0 Å². The number of hydrogen-bond donors (Lipinski definition) is 2. The minimum Gasteiger partial charge on any atom is -0.383 e. The van der Waals surface area contributed by atoms with Gasteiger partial charge >= 0.3 is 0 Å². The van der Waals surface area contributed by atoms with E-state index in [9.17, 15) is 0 Å². The van der Waals surface area contributed by atoms with Crippen LogP contribution in [0.3, 0.4) is 0 Å². The van der Waals surface area contributed by atoms with Crippen LogP contribution < -0.4 is 10.6 Å². The summed E-state index contributed by atoms with van der Waals surface area (Å²) in [4.78, 5) is 2.21. The van der Waals surface area contributed by atoms with Gasteiger partial charge < -0.3 is 15.5 Å². The molecule has 2 unspecified atom stereocenters. The Bertz CT molecular complexity index is 409. The van der Waals surface area contributed by atoms with Crippen molar-refractivity contribution in [3.05, 3.63) is 29.8 Å². The van der Waals surface area contributed by atoms with Crippen LogP contribution in [0.2, 0.25) is 0 Å². The van der Waals surface area contributed by atoms with E-state index in [1.54, 1.807) is 0 Å². The largest absolute Gasteiger partial charge is 0.383 e. The molecule has 1 aliphatic rings. The standard InChI is InChI=1S/C18H31N3/c1-15(12-17-9-5-4-6-11-19-17)20-18-10-7-8-16(13-18)14-21(2)3/h7-8,10,13,15,17,19-20H,4-6,9,11-12,14H2,1-3H3. The van der Waals surface area contributed by atoms with Crippen LogP contribution in [0.15, 0.2) is 24.3 Å². The first kappa shape index (κ1) is 16.3. The molecule has 1 aromatic carbocycles. The van der Waals surface area contributed by atoms with Gasteiger partial charge in [0.2, 0.25) is 0 Å². The maximum absolute atomic E-state index is 3.69. The quantitative estimate of drug-likeness (QED) is 0.839. The molecule has 1 heterocycles.